The van der Waals surface area contributed by atoms with Crippen LogP contribution in [0.15, 0.2) is 24.3 Å². The zero-order valence-electron chi connectivity index (χ0n) is 11.4. The second kappa shape index (κ2) is 7.98. The van der Waals surface area contributed by atoms with Crippen molar-refractivity contribution in [1.82, 2.24) is 10.2 Å². The molecule has 0 unspecified atom stereocenters. The van der Waals surface area contributed by atoms with Crippen LogP contribution in [0.2, 0.25) is 0 Å². The number of amides is 1. The largest absolute Gasteiger partial charge is 0.340 e. The number of rotatable bonds is 4. The average molecular weight is 303 g/mol. The van der Waals surface area contributed by atoms with Gasteiger partial charge in [0.1, 0.15) is 0 Å². The zero-order valence-corrected chi connectivity index (χ0v) is 13.1. The number of halogens is 1. The van der Waals surface area contributed by atoms with Gasteiger partial charge in [0.15, 0.2) is 0 Å². The highest BCUT2D eigenvalue weighted by molar-refractivity contribution is 7.99. The highest BCUT2D eigenvalue weighted by Gasteiger charge is 2.22. The molecule has 1 atom stereocenters. The lowest BCUT2D eigenvalue weighted by Crippen LogP contribution is -2.44. The maximum absolute atomic E-state index is 12.0. The first kappa shape index (κ1) is 16.6. The van der Waals surface area contributed by atoms with Crippen LogP contribution in [-0.2, 0) is 4.79 Å². The van der Waals surface area contributed by atoms with Crippen LogP contribution in [-0.4, -0.2) is 48.5 Å². The Kier molecular flexibility index (Phi) is 6.97. The fourth-order valence-corrected chi connectivity index (χ4v) is 3.19. The monoisotopic (exact) mass is 302 g/mol. The Bertz CT molecular complexity index is 353. The molecule has 1 aliphatic heterocycles. The molecule has 0 aromatic carbocycles. The smallest absolute Gasteiger partial charge is 0.236 e. The minimum Gasteiger partial charge on any atom is -0.340 e. The summed E-state index contributed by atoms with van der Waals surface area (Å²) in [6, 6.07) is 0. The van der Waals surface area contributed by atoms with E-state index in [0.717, 1.165) is 37.6 Å². The third kappa shape index (κ3) is 5.21. The summed E-state index contributed by atoms with van der Waals surface area (Å²) in [4.78, 5) is 13.9. The maximum Gasteiger partial charge on any atom is 0.236 e. The van der Waals surface area contributed by atoms with Crippen molar-refractivity contribution >= 4 is 30.1 Å². The summed E-state index contributed by atoms with van der Waals surface area (Å²) in [5.74, 6) is 2.41. The van der Waals surface area contributed by atoms with E-state index in [9.17, 15) is 4.79 Å². The van der Waals surface area contributed by atoms with Crippen molar-refractivity contribution in [3.63, 3.8) is 0 Å². The minimum atomic E-state index is 0. The van der Waals surface area contributed by atoms with Crippen LogP contribution >= 0.6 is 24.2 Å². The van der Waals surface area contributed by atoms with E-state index in [0.29, 0.717) is 6.54 Å². The van der Waals surface area contributed by atoms with Gasteiger partial charge in [0.25, 0.3) is 0 Å². The molecule has 0 aromatic rings. The highest BCUT2D eigenvalue weighted by atomic mass is 35.5. The van der Waals surface area contributed by atoms with Crippen LogP contribution in [0.25, 0.3) is 0 Å². The summed E-state index contributed by atoms with van der Waals surface area (Å²) in [7, 11) is 0. The number of thioether (sulfide) groups is 1. The Morgan fingerprint density at radius 3 is 2.74 bits per heavy atom. The first-order chi connectivity index (χ1) is 8.70. The highest BCUT2D eigenvalue weighted by Crippen LogP contribution is 2.25. The van der Waals surface area contributed by atoms with E-state index in [1.54, 1.807) is 0 Å². The summed E-state index contributed by atoms with van der Waals surface area (Å²) in [6.07, 6.45) is 9.63. The molecule has 19 heavy (non-hydrogen) atoms. The summed E-state index contributed by atoms with van der Waals surface area (Å²) >= 11 is 1.93. The lowest BCUT2D eigenvalue weighted by molar-refractivity contribution is -0.129. The fourth-order valence-electron chi connectivity index (χ4n) is 2.28. The summed E-state index contributed by atoms with van der Waals surface area (Å²) in [5, 5.41) is 3.31. The molecule has 1 saturated heterocycles. The normalized spacial score (nSPS) is 26.1. The lowest BCUT2D eigenvalue weighted by atomic mass is 9.84. The van der Waals surface area contributed by atoms with Crippen LogP contribution in [0.3, 0.4) is 0 Å². The number of nitrogens with zero attached hydrogens (tertiary/aromatic N) is 1. The van der Waals surface area contributed by atoms with Gasteiger partial charge in [0, 0.05) is 36.6 Å². The third-order valence-electron chi connectivity index (χ3n) is 3.50. The van der Waals surface area contributed by atoms with Crippen LogP contribution in [0, 0.1) is 5.41 Å². The predicted octanol–water partition coefficient (Wildman–Crippen LogP) is 2.10. The molecule has 1 aliphatic carbocycles. The first-order valence-corrected chi connectivity index (χ1v) is 7.76. The van der Waals surface area contributed by atoms with Crippen molar-refractivity contribution in [3.05, 3.63) is 24.3 Å². The van der Waals surface area contributed by atoms with Crippen molar-refractivity contribution in [2.45, 2.75) is 13.3 Å². The van der Waals surface area contributed by atoms with E-state index in [-0.39, 0.29) is 23.7 Å². The van der Waals surface area contributed by atoms with Gasteiger partial charge in [-0.15, -0.1) is 12.4 Å². The molecule has 1 fully saturated rings. The van der Waals surface area contributed by atoms with Gasteiger partial charge in [0.05, 0.1) is 6.54 Å². The van der Waals surface area contributed by atoms with Gasteiger partial charge in [0.2, 0.25) is 5.91 Å². The lowest BCUT2D eigenvalue weighted by Gasteiger charge is -2.29. The standard InChI is InChI=1S/C14H22N2OS.ClH/c1-14(5-3-2-4-6-14)12-15-11-13(17)16-7-9-18-10-8-16;/h2-5,15H,6-12H2,1H3;1H/t14-;/m1./s1. The molecule has 1 heterocycles. The number of allylic oxidation sites excluding steroid dienone is 3. The molecule has 1 N–H and O–H groups in total. The molecule has 0 saturated carbocycles. The number of nitrogens with one attached hydrogen (secondary N) is 1. The number of hydrogen-bond acceptors (Lipinski definition) is 3. The van der Waals surface area contributed by atoms with E-state index in [4.69, 9.17) is 0 Å². The Morgan fingerprint density at radius 1 is 1.37 bits per heavy atom. The van der Waals surface area contributed by atoms with Crippen LogP contribution in [0.1, 0.15) is 13.3 Å². The summed E-state index contributed by atoms with van der Waals surface area (Å²) in [6.45, 7) is 5.37. The maximum atomic E-state index is 12.0. The van der Waals surface area contributed by atoms with Gasteiger partial charge in [-0.05, 0) is 6.42 Å². The molecule has 1 amide bonds. The molecule has 2 rings (SSSR count). The fraction of sp³-hybridized carbons (Fsp3) is 0.643. The molecular weight excluding hydrogens is 280 g/mol. The Morgan fingerprint density at radius 2 is 2.11 bits per heavy atom. The van der Waals surface area contributed by atoms with Crippen LogP contribution in [0.5, 0.6) is 0 Å². The van der Waals surface area contributed by atoms with E-state index in [1.165, 1.54) is 0 Å². The molecule has 108 valence electrons. The van der Waals surface area contributed by atoms with Crippen LogP contribution < -0.4 is 5.32 Å². The molecule has 3 nitrogen and oxygen atoms in total. The molecule has 0 bridgehead atoms. The SMILES string of the molecule is C[C@@]1(CNCC(=O)N2CCSCC2)C=CC=CC1.Cl. The average Bonchev–Trinajstić information content (AvgIpc) is 2.40. The summed E-state index contributed by atoms with van der Waals surface area (Å²) in [5.41, 5.74) is 0.160. The Balaban J connectivity index is 0.00000180. The van der Waals surface area contributed by atoms with Gasteiger partial charge >= 0.3 is 0 Å². The van der Waals surface area contributed by atoms with Crippen molar-refractivity contribution in [1.29, 1.82) is 0 Å². The molecule has 0 spiro atoms. The van der Waals surface area contributed by atoms with Gasteiger partial charge < -0.3 is 10.2 Å². The van der Waals surface area contributed by atoms with Crippen molar-refractivity contribution < 1.29 is 4.79 Å². The first-order valence-electron chi connectivity index (χ1n) is 6.60. The van der Waals surface area contributed by atoms with E-state index >= 15 is 0 Å². The van der Waals surface area contributed by atoms with E-state index < -0.39 is 0 Å². The molecule has 2 aliphatic rings. The minimum absolute atomic E-state index is 0. The van der Waals surface area contributed by atoms with Crippen molar-refractivity contribution in [3.8, 4) is 0 Å². The van der Waals surface area contributed by atoms with Gasteiger partial charge in [-0.25, -0.2) is 0 Å². The quantitative estimate of drug-likeness (QED) is 0.863. The third-order valence-corrected chi connectivity index (χ3v) is 4.44. The second-order valence-electron chi connectivity index (χ2n) is 5.24. The Labute approximate surface area is 126 Å². The topological polar surface area (TPSA) is 32.3 Å². The van der Waals surface area contributed by atoms with Gasteiger partial charge in [-0.2, -0.15) is 11.8 Å². The molecular formula is C14H23ClN2OS. The predicted molar refractivity (Wildman–Crippen MR) is 85.0 cm³/mol. The Hall–Kier alpha value is -0.450. The zero-order chi connectivity index (χ0) is 12.8. The van der Waals surface area contributed by atoms with Crippen molar-refractivity contribution in [2.75, 3.05) is 37.7 Å². The van der Waals surface area contributed by atoms with Gasteiger partial charge in [-0.3, -0.25) is 4.79 Å². The van der Waals surface area contributed by atoms with Crippen molar-refractivity contribution in [2.24, 2.45) is 5.41 Å². The van der Waals surface area contributed by atoms with E-state index in [1.807, 2.05) is 16.7 Å². The summed E-state index contributed by atoms with van der Waals surface area (Å²) < 4.78 is 0. The number of carbonyl (C=O) groups is 1. The van der Waals surface area contributed by atoms with E-state index in [2.05, 4.69) is 36.5 Å². The molecule has 0 aromatic heterocycles. The molecule has 5 heteroatoms. The van der Waals surface area contributed by atoms with Crippen LogP contribution in [0.4, 0.5) is 0 Å². The van der Waals surface area contributed by atoms with Gasteiger partial charge in [-0.1, -0.05) is 31.2 Å². The number of hydrogen-bond donors (Lipinski definition) is 1. The number of carbonyl (C=O) groups excluding carboxylic acids is 1. The molecule has 0 radical (unpaired) electrons. The second-order valence-corrected chi connectivity index (χ2v) is 6.47.